The Bertz CT molecular complexity index is 147. The molecule has 72 valence electrons. The predicted octanol–water partition coefficient (Wildman–Crippen LogP) is 1.07. The number of nitrogens with one attached hydrogen (secondary N) is 2. The summed E-state index contributed by atoms with van der Waals surface area (Å²) in [4.78, 5) is 0. The second-order valence-corrected chi connectivity index (χ2v) is 3.96. The maximum absolute atomic E-state index is 13.6. The van der Waals surface area contributed by atoms with Crippen LogP contribution in [0.1, 0.15) is 26.7 Å². The Balaban J connectivity index is 2.41. The minimum Gasteiger partial charge on any atom is -0.318 e. The number of hydrogen-bond donors (Lipinski definition) is 2. The molecular formula is C9H19FN2. The van der Waals surface area contributed by atoms with Gasteiger partial charge in [-0.1, -0.05) is 0 Å². The fourth-order valence-electron chi connectivity index (χ4n) is 1.69. The Kier molecular flexibility index (Phi) is 3.07. The summed E-state index contributed by atoms with van der Waals surface area (Å²) in [7, 11) is 1.93. The van der Waals surface area contributed by atoms with Crippen molar-refractivity contribution in [2.45, 2.75) is 44.4 Å². The molecule has 1 rings (SSSR count). The van der Waals surface area contributed by atoms with Gasteiger partial charge in [-0.05, 0) is 33.7 Å². The Morgan fingerprint density at radius 2 is 2.33 bits per heavy atom. The van der Waals surface area contributed by atoms with Gasteiger partial charge >= 0.3 is 0 Å². The summed E-state index contributed by atoms with van der Waals surface area (Å²) in [5, 5.41) is 6.37. The highest BCUT2D eigenvalue weighted by molar-refractivity contribution is 4.93. The highest BCUT2D eigenvalue weighted by Gasteiger charge is 2.36. The zero-order valence-electron chi connectivity index (χ0n) is 8.15. The van der Waals surface area contributed by atoms with Crippen LogP contribution in [-0.2, 0) is 0 Å². The van der Waals surface area contributed by atoms with Crippen molar-refractivity contribution in [1.29, 1.82) is 0 Å². The van der Waals surface area contributed by atoms with Gasteiger partial charge in [0, 0.05) is 18.6 Å². The zero-order valence-corrected chi connectivity index (χ0v) is 8.15. The molecule has 2 N–H and O–H groups in total. The summed E-state index contributed by atoms with van der Waals surface area (Å²) in [5.74, 6) is 0. The third kappa shape index (κ3) is 2.17. The van der Waals surface area contributed by atoms with Gasteiger partial charge < -0.3 is 10.6 Å². The number of rotatable bonds is 2. The quantitative estimate of drug-likeness (QED) is 0.654. The van der Waals surface area contributed by atoms with Crippen molar-refractivity contribution in [1.82, 2.24) is 10.6 Å². The Hall–Kier alpha value is -0.150. The van der Waals surface area contributed by atoms with Gasteiger partial charge in [0.25, 0.3) is 0 Å². The molecule has 3 atom stereocenters. The lowest BCUT2D eigenvalue weighted by Crippen LogP contribution is -2.55. The minimum atomic E-state index is -1.02. The summed E-state index contributed by atoms with van der Waals surface area (Å²) < 4.78 is 13.6. The topological polar surface area (TPSA) is 24.1 Å². The van der Waals surface area contributed by atoms with Crippen LogP contribution in [0.3, 0.4) is 0 Å². The van der Waals surface area contributed by atoms with Crippen LogP contribution in [0.5, 0.6) is 0 Å². The fraction of sp³-hybridized carbons (Fsp3) is 1.00. The molecule has 1 saturated heterocycles. The minimum absolute atomic E-state index is 0.0235. The molecule has 2 nitrogen and oxygen atoms in total. The molecule has 0 aromatic carbocycles. The Morgan fingerprint density at radius 1 is 1.67 bits per heavy atom. The van der Waals surface area contributed by atoms with Gasteiger partial charge in [0.15, 0.2) is 0 Å². The van der Waals surface area contributed by atoms with Gasteiger partial charge in [0.2, 0.25) is 0 Å². The van der Waals surface area contributed by atoms with Gasteiger partial charge in [0.1, 0.15) is 5.67 Å². The van der Waals surface area contributed by atoms with Gasteiger partial charge in [-0.2, -0.15) is 0 Å². The van der Waals surface area contributed by atoms with Crippen LogP contribution < -0.4 is 10.6 Å². The monoisotopic (exact) mass is 174 g/mol. The molecule has 1 aliphatic rings. The van der Waals surface area contributed by atoms with Crippen molar-refractivity contribution in [3.8, 4) is 0 Å². The number of likely N-dealkylation sites (N-methyl/N-ethyl adjacent to an activating group) is 1. The third-order valence-corrected chi connectivity index (χ3v) is 2.82. The molecular weight excluding hydrogens is 155 g/mol. The predicted molar refractivity (Wildman–Crippen MR) is 49.1 cm³/mol. The normalized spacial score (nSPS) is 43.0. The molecule has 0 aromatic rings. The highest BCUT2D eigenvalue weighted by Crippen LogP contribution is 2.27. The maximum atomic E-state index is 13.6. The van der Waals surface area contributed by atoms with Crippen LogP contribution in [0.25, 0.3) is 0 Å². The van der Waals surface area contributed by atoms with Gasteiger partial charge in [-0.15, -0.1) is 0 Å². The second kappa shape index (κ2) is 3.71. The number of piperidine rings is 1. The molecule has 1 aliphatic heterocycles. The van der Waals surface area contributed by atoms with Crippen molar-refractivity contribution in [2.24, 2.45) is 0 Å². The number of alkyl halides is 1. The van der Waals surface area contributed by atoms with E-state index in [9.17, 15) is 4.39 Å². The van der Waals surface area contributed by atoms with E-state index in [-0.39, 0.29) is 6.04 Å². The summed E-state index contributed by atoms with van der Waals surface area (Å²) in [6.07, 6.45) is 1.60. The average molecular weight is 174 g/mol. The summed E-state index contributed by atoms with van der Waals surface area (Å²) in [6.45, 7) is 4.53. The van der Waals surface area contributed by atoms with E-state index in [1.165, 1.54) is 0 Å². The first kappa shape index (κ1) is 9.93. The first-order valence-electron chi connectivity index (χ1n) is 4.66. The summed E-state index contributed by atoms with van der Waals surface area (Å²) >= 11 is 0. The molecule has 0 spiro atoms. The van der Waals surface area contributed by atoms with Crippen LogP contribution in [0.4, 0.5) is 4.39 Å². The van der Waals surface area contributed by atoms with Crippen LogP contribution in [-0.4, -0.2) is 31.3 Å². The molecule has 0 amide bonds. The molecule has 0 aliphatic carbocycles. The zero-order chi connectivity index (χ0) is 9.19. The Morgan fingerprint density at radius 3 is 2.83 bits per heavy atom. The van der Waals surface area contributed by atoms with Crippen molar-refractivity contribution in [2.75, 3.05) is 13.6 Å². The lowest BCUT2D eigenvalue weighted by Gasteiger charge is -2.38. The second-order valence-electron chi connectivity index (χ2n) is 3.96. The van der Waals surface area contributed by atoms with Crippen molar-refractivity contribution < 1.29 is 4.39 Å². The highest BCUT2D eigenvalue weighted by atomic mass is 19.1. The van der Waals surface area contributed by atoms with E-state index in [0.29, 0.717) is 12.5 Å². The molecule has 0 saturated carbocycles. The van der Waals surface area contributed by atoms with E-state index in [4.69, 9.17) is 0 Å². The number of hydrogen-bond acceptors (Lipinski definition) is 2. The molecule has 1 unspecified atom stereocenters. The lowest BCUT2D eigenvalue weighted by molar-refractivity contribution is 0.0779. The van der Waals surface area contributed by atoms with E-state index in [0.717, 1.165) is 13.0 Å². The standard InChI is InChI=1S/C9H19FN2/c1-7-9(2,10)5-4-8(12-7)6-11-3/h7-8,11-12H,4-6H2,1-3H3/t7-,8-,9?/m1/s1. The molecule has 12 heavy (non-hydrogen) atoms. The van der Waals surface area contributed by atoms with Crippen molar-refractivity contribution in [3.05, 3.63) is 0 Å². The smallest absolute Gasteiger partial charge is 0.123 e. The van der Waals surface area contributed by atoms with E-state index in [1.54, 1.807) is 6.92 Å². The van der Waals surface area contributed by atoms with Crippen LogP contribution >= 0.6 is 0 Å². The lowest BCUT2D eigenvalue weighted by atomic mass is 9.87. The van der Waals surface area contributed by atoms with E-state index >= 15 is 0 Å². The maximum Gasteiger partial charge on any atom is 0.123 e. The first-order chi connectivity index (χ1) is 5.56. The van der Waals surface area contributed by atoms with E-state index < -0.39 is 5.67 Å². The van der Waals surface area contributed by atoms with Crippen LogP contribution in [0, 0.1) is 0 Å². The Labute approximate surface area is 73.9 Å². The molecule has 1 heterocycles. The first-order valence-corrected chi connectivity index (χ1v) is 4.66. The van der Waals surface area contributed by atoms with E-state index in [2.05, 4.69) is 10.6 Å². The summed E-state index contributed by atoms with van der Waals surface area (Å²) in [6, 6.07) is 0.415. The van der Waals surface area contributed by atoms with Gasteiger partial charge in [0.05, 0.1) is 0 Å². The van der Waals surface area contributed by atoms with E-state index in [1.807, 2.05) is 14.0 Å². The SMILES string of the molecule is CNC[C@H]1CCC(C)(F)[C@@H](C)N1. The number of halogens is 1. The van der Waals surface area contributed by atoms with Crippen LogP contribution in [0.15, 0.2) is 0 Å². The molecule has 0 bridgehead atoms. The van der Waals surface area contributed by atoms with Crippen molar-refractivity contribution >= 4 is 0 Å². The van der Waals surface area contributed by atoms with Gasteiger partial charge in [-0.25, -0.2) is 4.39 Å². The third-order valence-electron chi connectivity index (χ3n) is 2.82. The largest absolute Gasteiger partial charge is 0.318 e. The molecule has 0 radical (unpaired) electrons. The van der Waals surface area contributed by atoms with Crippen LogP contribution in [0.2, 0.25) is 0 Å². The molecule has 0 aromatic heterocycles. The van der Waals surface area contributed by atoms with Crippen molar-refractivity contribution in [3.63, 3.8) is 0 Å². The fourth-order valence-corrected chi connectivity index (χ4v) is 1.69. The molecule has 1 fully saturated rings. The average Bonchev–Trinajstić information content (AvgIpc) is 1.98. The summed E-state index contributed by atoms with van der Waals surface area (Å²) in [5.41, 5.74) is -1.02. The molecule has 3 heteroatoms. The van der Waals surface area contributed by atoms with Gasteiger partial charge in [-0.3, -0.25) is 0 Å².